The van der Waals surface area contributed by atoms with Crippen molar-refractivity contribution >= 4 is 5.97 Å². The van der Waals surface area contributed by atoms with Crippen molar-refractivity contribution in [3.05, 3.63) is 53.7 Å². The van der Waals surface area contributed by atoms with Crippen molar-refractivity contribution in [2.75, 3.05) is 6.61 Å². The van der Waals surface area contributed by atoms with E-state index in [9.17, 15) is 13.6 Å². The molecular weight excluding hydrogens is 252 g/mol. The van der Waals surface area contributed by atoms with E-state index in [-0.39, 0.29) is 18.0 Å². The van der Waals surface area contributed by atoms with Crippen LogP contribution in [0.2, 0.25) is 0 Å². The molecule has 0 spiro atoms. The van der Waals surface area contributed by atoms with Gasteiger partial charge in [0.05, 0.1) is 24.1 Å². The fraction of sp³-hybridized carbons (Fsp3) is 0.143. The van der Waals surface area contributed by atoms with Crippen molar-refractivity contribution in [2.24, 2.45) is 0 Å². The Morgan fingerprint density at radius 3 is 2.58 bits per heavy atom. The predicted molar refractivity (Wildman–Crippen MR) is 65.5 cm³/mol. The highest BCUT2D eigenvalue weighted by molar-refractivity contribution is 5.90. The topological polar surface area (TPSA) is 39.2 Å². The number of rotatable bonds is 3. The molecule has 0 saturated carbocycles. The van der Waals surface area contributed by atoms with Gasteiger partial charge in [0.2, 0.25) is 0 Å². The molecule has 0 aliphatic carbocycles. The summed E-state index contributed by atoms with van der Waals surface area (Å²) in [4.78, 5) is 15.4. The summed E-state index contributed by atoms with van der Waals surface area (Å²) in [6.07, 6.45) is 0.949. The van der Waals surface area contributed by atoms with Crippen molar-refractivity contribution in [1.29, 1.82) is 0 Å². The standard InChI is InChI=1S/C14H11F2NO2/c1-2-19-14(18)11-7-13(17-8-12(11)16)9-3-5-10(15)6-4-9/h3-8H,2H2,1H3. The van der Waals surface area contributed by atoms with E-state index < -0.39 is 11.8 Å². The minimum atomic E-state index is -0.746. The van der Waals surface area contributed by atoms with Crippen molar-refractivity contribution in [3.8, 4) is 11.3 Å². The van der Waals surface area contributed by atoms with Crippen LogP contribution in [0.1, 0.15) is 17.3 Å². The van der Waals surface area contributed by atoms with Crippen LogP contribution in [0.5, 0.6) is 0 Å². The lowest BCUT2D eigenvalue weighted by molar-refractivity contribution is 0.0521. The van der Waals surface area contributed by atoms with Gasteiger partial charge in [-0.1, -0.05) is 0 Å². The van der Waals surface area contributed by atoms with Gasteiger partial charge in [0.25, 0.3) is 0 Å². The third-order valence-electron chi connectivity index (χ3n) is 2.49. The molecular formula is C14H11F2NO2. The summed E-state index contributed by atoms with van der Waals surface area (Å²) in [6.45, 7) is 1.80. The molecule has 0 radical (unpaired) electrons. The molecule has 0 atom stereocenters. The fourth-order valence-electron chi connectivity index (χ4n) is 1.58. The second-order valence-corrected chi connectivity index (χ2v) is 3.78. The number of benzene rings is 1. The Hall–Kier alpha value is -2.30. The molecule has 2 aromatic rings. The molecule has 3 nitrogen and oxygen atoms in total. The third kappa shape index (κ3) is 2.93. The average molecular weight is 263 g/mol. The summed E-state index contributed by atoms with van der Waals surface area (Å²) < 4.78 is 31.1. The second kappa shape index (κ2) is 5.56. The summed E-state index contributed by atoms with van der Waals surface area (Å²) in [7, 11) is 0. The SMILES string of the molecule is CCOC(=O)c1cc(-c2ccc(F)cc2)ncc1F. The molecule has 0 aliphatic rings. The number of carbonyl (C=O) groups excluding carboxylic acids is 1. The summed E-state index contributed by atoms with van der Waals surface area (Å²) in [5, 5.41) is 0. The maximum atomic E-state index is 13.5. The van der Waals surface area contributed by atoms with E-state index in [0.717, 1.165) is 6.20 Å². The molecule has 5 heteroatoms. The number of halogens is 2. The van der Waals surface area contributed by atoms with Crippen LogP contribution in [-0.4, -0.2) is 17.6 Å². The van der Waals surface area contributed by atoms with E-state index in [0.29, 0.717) is 11.3 Å². The summed E-state index contributed by atoms with van der Waals surface area (Å²) in [6, 6.07) is 6.84. The molecule has 2 rings (SSSR count). The monoisotopic (exact) mass is 263 g/mol. The normalized spacial score (nSPS) is 10.3. The van der Waals surface area contributed by atoms with E-state index in [2.05, 4.69) is 4.98 Å². The van der Waals surface area contributed by atoms with Gasteiger partial charge in [0.15, 0.2) is 5.82 Å². The van der Waals surface area contributed by atoms with Gasteiger partial charge < -0.3 is 4.74 Å². The first kappa shape index (κ1) is 13.1. The quantitative estimate of drug-likeness (QED) is 0.798. The number of esters is 1. The maximum Gasteiger partial charge on any atom is 0.341 e. The number of aromatic nitrogens is 1. The van der Waals surface area contributed by atoms with Gasteiger partial charge in [-0.3, -0.25) is 4.98 Å². The summed E-state index contributed by atoms with van der Waals surface area (Å²) in [5.41, 5.74) is 0.785. The predicted octanol–water partition coefficient (Wildman–Crippen LogP) is 3.20. The van der Waals surface area contributed by atoms with Crippen LogP contribution >= 0.6 is 0 Å². The van der Waals surface area contributed by atoms with Gasteiger partial charge in [-0.25, -0.2) is 13.6 Å². The Labute approximate surface area is 108 Å². The Morgan fingerprint density at radius 1 is 1.26 bits per heavy atom. The lowest BCUT2D eigenvalue weighted by Crippen LogP contribution is -2.08. The molecule has 1 aromatic carbocycles. The molecule has 0 unspecified atom stereocenters. The van der Waals surface area contributed by atoms with Crippen molar-refractivity contribution in [2.45, 2.75) is 6.92 Å². The van der Waals surface area contributed by atoms with Gasteiger partial charge >= 0.3 is 5.97 Å². The van der Waals surface area contributed by atoms with E-state index in [1.807, 2.05) is 0 Å². The van der Waals surface area contributed by atoms with Crippen LogP contribution < -0.4 is 0 Å². The van der Waals surface area contributed by atoms with Crippen molar-refractivity contribution in [1.82, 2.24) is 4.98 Å². The summed E-state index contributed by atoms with van der Waals surface area (Å²) in [5.74, 6) is -1.87. The van der Waals surface area contributed by atoms with Gasteiger partial charge in [-0.15, -0.1) is 0 Å². The highest BCUT2D eigenvalue weighted by Crippen LogP contribution is 2.20. The second-order valence-electron chi connectivity index (χ2n) is 3.78. The highest BCUT2D eigenvalue weighted by Gasteiger charge is 2.15. The van der Waals surface area contributed by atoms with Crippen LogP contribution in [-0.2, 0) is 4.74 Å². The zero-order valence-corrected chi connectivity index (χ0v) is 10.2. The number of hydrogen-bond donors (Lipinski definition) is 0. The fourth-order valence-corrected chi connectivity index (χ4v) is 1.58. The van der Waals surface area contributed by atoms with Crippen LogP contribution in [0.25, 0.3) is 11.3 Å². The van der Waals surface area contributed by atoms with Crippen LogP contribution in [0, 0.1) is 11.6 Å². The molecule has 0 saturated heterocycles. The van der Waals surface area contributed by atoms with E-state index in [1.165, 1.54) is 30.3 Å². The lowest BCUT2D eigenvalue weighted by Gasteiger charge is -2.06. The summed E-state index contributed by atoms with van der Waals surface area (Å²) >= 11 is 0. The van der Waals surface area contributed by atoms with Crippen molar-refractivity contribution < 1.29 is 18.3 Å². The number of hydrogen-bond acceptors (Lipinski definition) is 3. The molecule has 0 N–H and O–H groups in total. The Kier molecular flexibility index (Phi) is 3.85. The third-order valence-corrected chi connectivity index (χ3v) is 2.49. The van der Waals surface area contributed by atoms with Gasteiger partial charge in [0, 0.05) is 5.56 Å². The molecule has 0 fully saturated rings. The largest absolute Gasteiger partial charge is 0.462 e. The van der Waals surface area contributed by atoms with Crippen LogP contribution in [0.15, 0.2) is 36.5 Å². The molecule has 0 aliphatic heterocycles. The number of nitrogens with zero attached hydrogens (tertiary/aromatic N) is 1. The lowest BCUT2D eigenvalue weighted by atomic mass is 10.1. The zero-order chi connectivity index (χ0) is 13.8. The van der Waals surface area contributed by atoms with Gasteiger partial charge in [-0.05, 0) is 37.3 Å². The number of ether oxygens (including phenoxy) is 1. The minimum absolute atomic E-state index is 0.159. The molecule has 1 aromatic heterocycles. The van der Waals surface area contributed by atoms with E-state index in [4.69, 9.17) is 4.74 Å². The molecule has 98 valence electrons. The first-order valence-corrected chi connectivity index (χ1v) is 5.70. The first-order valence-electron chi connectivity index (χ1n) is 5.70. The van der Waals surface area contributed by atoms with Crippen LogP contribution in [0.3, 0.4) is 0 Å². The number of pyridine rings is 1. The van der Waals surface area contributed by atoms with Gasteiger partial charge in [0.1, 0.15) is 5.82 Å². The molecule has 1 heterocycles. The van der Waals surface area contributed by atoms with Crippen LogP contribution in [0.4, 0.5) is 8.78 Å². The Morgan fingerprint density at radius 2 is 1.95 bits per heavy atom. The Bertz CT molecular complexity index is 597. The van der Waals surface area contributed by atoms with Gasteiger partial charge in [-0.2, -0.15) is 0 Å². The van der Waals surface area contributed by atoms with E-state index in [1.54, 1.807) is 6.92 Å². The molecule has 0 amide bonds. The number of carbonyl (C=O) groups is 1. The Balaban J connectivity index is 2.40. The smallest absolute Gasteiger partial charge is 0.341 e. The van der Waals surface area contributed by atoms with Crippen molar-refractivity contribution in [3.63, 3.8) is 0 Å². The minimum Gasteiger partial charge on any atom is -0.462 e. The highest BCUT2D eigenvalue weighted by atomic mass is 19.1. The van der Waals surface area contributed by atoms with E-state index >= 15 is 0 Å². The average Bonchev–Trinajstić information content (AvgIpc) is 2.40. The zero-order valence-electron chi connectivity index (χ0n) is 10.2. The molecule has 19 heavy (non-hydrogen) atoms. The maximum absolute atomic E-state index is 13.5. The molecule has 0 bridgehead atoms. The first-order chi connectivity index (χ1) is 9.11.